The smallest absolute Gasteiger partial charge is 0.411 e. The molecule has 1 aromatic carbocycles. The fourth-order valence-electron chi connectivity index (χ4n) is 5.51. The number of halogens is 2. The molecule has 2 fully saturated rings. The number of hydrogen-bond donors (Lipinski definition) is 0. The molecule has 37 heavy (non-hydrogen) atoms. The Hall–Kier alpha value is -3.35. The lowest BCUT2D eigenvalue weighted by Crippen LogP contribution is -2.46. The van der Waals surface area contributed by atoms with Crippen LogP contribution in [0.25, 0.3) is 16.8 Å². The first-order valence-electron chi connectivity index (χ1n) is 12.1. The second-order valence-electron chi connectivity index (χ2n) is 9.44. The van der Waals surface area contributed by atoms with Gasteiger partial charge in [-0.1, -0.05) is 29.8 Å². The van der Waals surface area contributed by atoms with Crippen molar-refractivity contribution in [2.45, 2.75) is 63.4 Å². The zero-order chi connectivity index (χ0) is 25.7. The van der Waals surface area contributed by atoms with E-state index in [-0.39, 0.29) is 40.5 Å². The number of benzene rings is 1. The summed E-state index contributed by atoms with van der Waals surface area (Å²) in [5.41, 5.74) is -2.94. The van der Waals surface area contributed by atoms with Crippen LogP contribution in [0, 0.1) is 5.82 Å². The Labute approximate surface area is 213 Å². The number of hydrogen-bond acceptors (Lipinski definition) is 9. The van der Waals surface area contributed by atoms with Crippen LogP contribution in [0.5, 0.6) is 0 Å². The van der Waals surface area contributed by atoms with Crippen molar-refractivity contribution in [1.82, 2.24) is 24.3 Å². The summed E-state index contributed by atoms with van der Waals surface area (Å²) in [5.74, 6) is -0.248. The molecule has 2 atom stereocenters. The Morgan fingerprint density at radius 1 is 1.00 bits per heavy atom. The van der Waals surface area contributed by atoms with E-state index in [2.05, 4.69) is 15.1 Å². The van der Waals surface area contributed by atoms with Crippen molar-refractivity contribution in [3.05, 3.63) is 72.1 Å². The van der Waals surface area contributed by atoms with Crippen LogP contribution in [-0.4, -0.2) is 49.0 Å². The minimum atomic E-state index is -1.23. The monoisotopic (exact) mass is 531 g/mol. The topological polar surface area (TPSA) is 125 Å². The SMILES string of the molecule is O=c1oc2c(Cl)nn3c(=O)n(CCCN4C5CCC4CC(OCc4ccccc4F)C5)nc3c2oc1=O. The molecule has 0 aliphatic carbocycles. The Morgan fingerprint density at radius 2 is 1.70 bits per heavy atom. The summed E-state index contributed by atoms with van der Waals surface area (Å²) >= 11 is 6.03. The van der Waals surface area contributed by atoms with Crippen LogP contribution in [0.2, 0.25) is 5.15 Å². The highest BCUT2D eigenvalue weighted by Gasteiger charge is 2.40. The third kappa shape index (κ3) is 4.38. The zero-order valence-corrected chi connectivity index (χ0v) is 20.4. The summed E-state index contributed by atoms with van der Waals surface area (Å²) in [7, 11) is 0. The van der Waals surface area contributed by atoms with E-state index < -0.39 is 16.9 Å². The van der Waals surface area contributed by atoms with Crippen LogP contribution in [-0.2, 0) is 17.9 Å². The maximum Gasteiger partial charge on any atom is 0.423 e. The fraction of sp³-hybridized carbons (Fsp3) is 0.458. The Bertz CT molecular complexity index is 1650. The van der Waals surface area contributed by atoms with Gasteiger partial charge in [0.05, 0.1) is 12.7 Å². The lowest BCUT2D eigenvalue weighted by atomic mass is 9.99. The van der Waals surface area contributed by atoms with Crippen molar-refractivity contribution in [3.63, 3.8) is 0 Å². The largest absolute Gasteiger partial charge is 0.423 e. The molecule has 6 rings (SSSR count). The van der Waals surface area contributed by atoms with E-state index >= 15 is 0 Å². The minimum absolute atomic E-state index is 0.0573. The molecule has 3 aromatic heterocycles. The van der Waals surface area contributed by atoms with E-state index in [1.165, 1.54) is 10.7 Å². The summed E-state index contributed by atoms with van der Waals surface area (Å²) in [5, 5.41) is 7.88. The average Bonchev–Trinajstić information content (AvgIpc) is 3.31. The quantitative estimate of drug-likeness (QED) is 0.330. The second kappa shape index (κ2) is 9.51. The third-order valence-electron chi connectivity index (χ3n) is 7.22. The molecular weight excluding hydrogens is 509 g/mol. The van der Waals surface area contributed by atoms with Gasteiger partial charge in [-0.2, -0.15) is 4.52 Å². The molecule has 194 valence electrons. The van der Waals surface area contributed by atoms with Crippen LogP contribution in [0.1, 0.15) is 37.7 Å². The van der Waals surface area contributed by atoms with E-state index in [9.17, 15) is 18.8 Å². The fourth-order valence-corrected chi connectivity index (χ4v) is 5.71. The van der Waals surface area contributed by atoms with Crippen LogP contribution in [0.3, 0.4) is 0 Å². The summed E-state index contributed by atoms with van der Waals surface area (Å²) in [6.07, 6.45) is 4.68. The van der Waals surface area contributed by atoms with Gasteiger partial charge < -0.3 is 13.6 Å². The standard InChI is InChI=1S/C24H23ClFN5O6/c25-20-18-19(37-23(33)22(32)36-18)21-28-30(24(34)31(21)27-20)9-3-8-29-14-6-7-15(29)11-16(10-14)35-12-13-4-1-2-5-17(13)26/h1-2,4-5,14-16H,3,6-12H2. The van der Waals surface area contributed by atoms with E-state index in [0.29, 0.717) is 30.6 Å². The van der Waals surface area contributed by atoms with Gasteiger partial charge in [-0.25, -0.2) is 23.5 Å². The van der Waals surface area contributed by atoms with Crippen molar-refractivity contribution in [2.75, 3.05) is 6.54 Å². The predicted octanol–water partition coefficient (Wildman–Crippen LogP) is 2.35. The van der Waals surface area contributed by atoms with Crippen LogP contribution >= 0.6 is 11.6 Å². The van der Waals surface area contributed by atoms with Crippen LogP contribution < -0.4 is 16.9 Å². The van der Waals surface area contributed by atoms with Crippen LogP contribution in [0.15, 0.2) is 47.5 Å². The third-order valence-corrected chi connectivity index (χ3v) is 7.47. The van der Waals surface area contributed by atoms with E-state index in [4.69, 9.17) is 25.2 Å². The molecule has 0 N–H and O–H groups in total. The van der Waals surface area contributed by atoms with Crippen molar-refractivity contribution in [1.29, 1.82) is 0 Å². The number of rotatable bonds is 7. The second-order valence-corrected chi connectivity index (χ2v) is 9.80. The zero-order valence-electron chi connectivity index (χ0n) is 19.6. The maximum atomic E-state index is 13.9. The number of fused-ring (bicyclic) bond motifs is 5. The van der Waals surface area contributed by atoms with Crippen molar-refractivity contribution in [3.8, 4) is 0 Å². The Balaban J connectivity index is 1.11. The molecule has 13 heteroatoms. The molecular formula is C24H23ClFN5O6. The summed E-state index contributed by atoms with van der Waals surface area (Å²) in [6, 6.07) is 7.43. The Kier molecular flexibility index (Phi) is 6.17. The Morgan fingerprint density at radius 3 is 2.43 bits per heavy atom. The highest BCUT2D eigenvalue weighted by atomic mass is 35.5. The first kappa shape index (κ1) is 24.0. The molecule has 2 saturated heterocycles. The molecule has 2 aliphatic heterocycles. The first-order valence-corrected chi connectivity index (χ1v) is 12.5. The van der Waals surface area contributed by atoms with Crippen molar-refractivity contribution < 1.29 is 18.0 Å². The predicted molar refractivity (Wildman–Crippen MR) is 129 cm³/mol. The molecule has 2 aliphatic rings. The molecule has 5 heterocycles. The van der Waals surface area contributed by atoms with Crippen molar-refractivity contribution >= 4 is 28.4 Å². The molecule has 0 amide bonds. The van der Waals surface area contributed by atoms with Crippen molar-refractivity contribution in [2.24, 2.45) is 0 Å². The van der Waals surface area contributed by atoms with Gasteiger partial charge in [-0.05, 0) is 38.2 Å². The van der Waals surface area contributed by atoms with Gasteiger partial charge >= 0.3 is 16.9 Å². The van der Waals surface area contributed by atoms with Crippen LogP contribution in [0.4, 0.5) is 4.39 Å². The van der Waals surface area contributed by atoms with Gasteiger partial charge in [0.15, 0.2) is 5.15 Å². The summed E-state index contributed by atoms with van der Waals surface area (Å²) in [4.78, 5) is 38.4. The molecule has 0 spiro atoms. The summed E-state index contributed by atoms with van der Waals surface area (Å²) < 4.78 is 32.0. The van der Waals surface area contributed by atoms with Gasteiger partial charge in [0.1, 0.15) is 5.82 Å². The molecule has 2 unspecified atom stereocenters. The normalized spacial score (nSPS) is 21.8. The lowest BCUT2D eigenvalue weighted by Gasteiger charge is -2.38. The first-order chi connectivity index (χ1) is 17.9. The van der Waals surface area contributed by atoms with Gasteiger partial charge in [-0.3, -0.25) is 4.90 Å². The molecule has 2 bridgehead atoms. The van der Waals surface area contributed by atoms with Gasteiger partial charge in [0.2, 0.25) is 16.8 Å². The minimum Gasteiger partial charge on any atom is -0.411 e. The maximum absolute atomic E-state index is 13.9. The molecule has 4 aromatic rings. The highest BCUT2D eigenvalue weighted by Crippen LogP contribution is 2.37. The number of aryl methyl sites for hydroxylation is 1. The highest BCUT2D eigenvalue weighted by molar-refractivity contribution is 6.33. The van der Waals surface area contributed by atoms with E-state index in [0.717, 1.165) is 36.7 Å². The van der Waals surface area contributed by atoms with E-state index in [1.54, 1.807) is 12.1 Å². The lowest BCUT2D eigenvalue weighted by molar-refractivity contribution is -0.0293. The van der Waals surface area contributed by atoms with Gasteiger partial charge in [0, 0.05) is 30.7 Å². The molecule has 0 saturated carbocycles. The molecule has 11 nitrogen and oxygen atoms in total. The number of piperidine rings is 1. The van der Waals surface area contributed by atoms with E-state index in [1.807, 2.05) is 6.07 Å². The number of aromatic nitrogens is 4. The number of nitrogens with zero attached hydrogens (tertiary/aromatic N) is 5. The van der Waals surface area contributed by atoms with Gasteiger partial charge in [0.25, 0.3) is 0 Å². The van der Waals surface area contributed by atoms with Gasteiger partial charge in [-0.15, -0.1) is 10.2 Å². The summed E-state index contributed by atoms with van der Waals surface area (Å²) in [6.45, 7) is 1.35. The number of ether oxygens (including phenoxy) is 1. The molecule has 0 radical (unpaired) electrons. The average molecular weight is 532 g/mol.